The van der Waals surface area contributed by atoms with Crippen LogP contribution in [-0.2, 0) is 6.18 Å². The van der Waals surface area contributed by atoms with E-state index >= 15 is 0 Å². The smallest absolute Gasteiger partial charge is 0.251 e. The lowest BCUT2D eigenvalue weighted by Gasteiger charge is -2.07. The first kappa shape index (κ1) is 11.4. The second-order valence-corrected chi connectivity index (χ2v) is 2.57. The molecule has 0 amide bonds. The molecule has 0 radical (unpaired) electrons. The van der Waals surface area contributed by atoms with Crippen LogP contribution in [0, 0.1) is 11.3 Å². The molecule has 7 heteroatoms. The van der Waals surface area contributed by atoms with Gasteiger partial charge < -0.3 is 0 Å². The zero-order valence-electron chi connectivity index (χ0n) is 7.02. The summed E-state index contributed by atoms with van der Waals surface area (Å²) >= 11 is 0. The highest BCUT2D eigenvalue weighted by Gasteiger charge is 2.33. The maximum atomic E-state index is 12.2. The summed E-state index contributed by atoms with van der Waals surface area (Å²) in [6.45, 7) is 0. The minimum Gasteiger partial charge on any atom is -0.251 e. The van der Waals surface area contributed by atoms with Gasteiger partial charge in [0.25, 0.3) is 6.43 Å². The second-order valence-electron chi connectivity index (χ2n) is 2.57. The summed E-state index contributed by atoms with van der Waals surface area (Å²) in [5.41, 5.74) is -2.87. The Bertz CT molecular complexity index is 404. The number of hydrogen-bond acceptors (Lipinski definition) is 2. The van der Waals surface area contributed by atoms with E-state index in [1.54, 1.807) is 0 Å². The van der Waals surface area contributed by atoms with Gasteiger partial charge in [0, 0.05) is 6.20 Å². The quantitative estimate of drug-likeness (QED) is 0.685. The lowest BCUT2D eigenvalue weighted by Crippen LogP contribution is -2.09. The highest BCUT2D eigenvalue weighted by molar-refractivity contribution is 5.38. The zero-order valence-corrected chi connectivity index (χ0v) is 7.02. The molecule has 2 nitrogen and oxygen atoms in total. The molecule has 1 aromatic rings. The number of alkyl halides is 5. The van der Waals surface area contributed by atoms with Crippen molar-refractivity contribution in [1.82, 2.24) is 4.98 Å². The van der Waals surface area contributed by atoms with Crippen molar-refractivity contribution in [1.29, 1.82) is 5.26 Å². The first-order valence-corrected chi connectivity index (χ1v) is 3.61. The fourth-order valence-corrected chi connectivity index (χ4v) is 0.892. The molecule has 0 aromatic carbocycles. The third-order valence-electron chi connectivity index (χ3n) is 1.58. The number of aromatic nitrogens is 1. The minimum absolute atomic E-state index is 0.307. The Labute approximate surface area is 81.0 Å². The number of rotatable bonds is 1. The molecule has 1 rings (SSSR count). The molecular weight excluding hydrogens is 219 g/mol. The van der Waals surface area contributed by atoms with E-state index in [-0.39, 0.29) is 0 Å². The molecule has 0 aliphatic carbocycles. The van der Waals surface area contributed by atoms with Crippen molar-refractivity contribution in [2.75, 3.05) is 0 Å². The van der Waals surface area contributed by atoms with Crippen LogP contribution in [0.3, 0.4) is 0 Å². The Balaban J connectivity index is 3.27. The number of nitrogens with zero attached hydrogens (tertiary/aromatic N) is 2. The van der Waals surface area contributed by atoms with Crippen molar-refractivity contribution in [2.24, 2.45) is 0 Å². The Morgan fingerprint density at radius 2 is 1.93 bits per heavy atom. The van der Waals surface area contributed by atoms with Crippen LogP contribution in [0.4, 0.5) is 22.0 Å². The van der Waals surface area contributed by atoms with Gasteiger partial charge in [-0.25, -0.2) is 8.78 Å². The fraction of sp³-hybridized carbons (Fsp3) is 0.250. The summed E-state index contributed by atoms with van der Waals surface area (Å²) in [6.07, 6.45) is -7.40. The van der Waals surface area contributed by atoms with Crippen LogP contribution in [0.1, 0.15) is 23.2 Å². The maximum absolute atomic E-state index is 12.2. The first-order valence-electron chi connectivity index (χ1n) is 3.61. The molecule has 0 atom stereocenters. The number of hydrogen-bond donors (Lipinski definition) is 0. The molecule has 1 aromatic heterocycles. The summed E-state index contributed by atoms with van der Waals surface area (Å²) < 4.78 is 60.6. The highest BCUT2D eigenvalue weighted by Crippen LogP contribution is 2.30. The van der Waals surface area contributed by atoms with Gasteiger partial charge in [-0.2, -0.15) is 18.4 Å². The Morgan fingerprint density at radius 3 is 2.33 bits per heavy atom. The molecule has 0 unspecified atom stereocenters. The van der Waals surface area contributed by atoms with E-state index in [0.29, 0.717) is 12.3 Å². The van der Waals surface area contributed by atoms with Gasteiger partial charge in [0.05, 0.1) is 17.2 Å². The minimum atomic E-state index is -4.74. The van der Waals surface area contributed by atoms with Crippen LogP contribution >= 0.6 is 0 Å². The fourth-order valence-electron chi connectivity index (χ4n) is 0.892. The van der Waals surface area contributed by atoms with Crippen molar-refractivity contribution in [3.05, 3.63) is 29.1 Å². The predicted molar refractivity (Wildman–Crippen MR) is 38.9 cm³/mol. The van der Waals surface area contributed by atoms with E-state index in [1.165, 1.54) is 6.07 Å². The molecular formula is C8H3F5N2. The van der Waals surface area contributed by atoms with E-state index in [1.807, 2.05) is 0 Å². The van der Waals surface area contributed by atoms with Gasteiger partial charge in [0.15, 0.2) is 0 Å². The number of halogens is 5. The molecule has 1 heterocycles. The molecule has 0 saturated carbocycles. The van der Waals surface area contributed by atoms with Gasteiger partial charge in [-0.3, -0.25) is 4.98 Å². The van der Waals surface area contributed by atoms with E-state index in [9.17, 15) is 22.0 Å². The topological polar surface area (TPSA) is 36.7 Å². The lowest BCUT2D eigenvalue weighted by atomic mass is 10.1. The van der Waals surface area contributed by atoms with Crippen molar-refractivity contribution < 1.29 is 22.0 Å². The third-order valence-corrected chi connectivity index (χ3v) is 1.58. The van der Waals surface area contributed by atoms with Crippen molar-refractivity contribution in [2.45, 2.75) is 12.6 Å². The third kappa shape index (κ3) is 2.40. The van der Waals surface area contributed by atoms with E-state index in [4.69, 9.17) is 5.26 Å². The molecule has 0 bridgehead atoms. The molecule has 0 fully saturated rings. The Hall–Kier alpha value is -1.71. The van der Waals surface area contributed by atoms with Crippen LogP contribution in [-0.4, -0.2) is 4.98 Å². The summed E-state index contributed by atoms with van der Waals surface area (Å²) in [4.78, 5) is 2.82. The summed E-state index contributed by atoms with van der Waals surface area (Å²) in [7, 11) is 0. The maximum Gasteiger partial charge on any atom is 0.433 e. The molecule has 0 N–H and O–H groups in total. The highest BCUT2D eigenvalue weighted by atomic mass is 19.4. The normalized spacial score (nSPS) is 11.5. The van der Waals surface area contributed by atoms with E-state index in [0.717, 1.165) is 0 Å². The SMILES string of the molecule is N#Cc1cc(C(F)(F)F)ncc1C(F)F. The van der Waals surface area contributed by atoms with Gasteiger partial charge in [-0.1, -0.05) is 0 Å². The van der Waals surface area contributed by atoms with Crippen LogP contribution in [0.15, 0.2) is 12.3 Å². The summed E-state index contributed by atoms with van der Waals surface area (Å²) in [6, 6.07) is 1.58. The van der Waals surface area contributed by atoms with Crippen LogP contribution in [0.2, 0.25) is 0 Å². The van der Waals surface area contributed by atoms with E-state index < -0.39 is 29.4 Å². The Morgan fingerprint density at radius 1 is 1.33 bits per heavy atom. The standard InChI is InChI=1S/C8H3F5N2/c9-7(10)5-3-15-6(8(11,12)13)1-4(5)2-14/h1,3,7H. The average molecular weight is 222 g/mol. The van der Waals surface area contributed by atoms with Gasteiger partial charge in [0.2, 0.25) is 0 Å². The van der Waals surface area contributed by atoms with E-state index in [2.05, 4.69) is 4.98 Å². The van der Waals surface area contributed by atoms with Crippen molar-refractivity contribution in [3.8, 4) is 6.07 Å². The lowest BCUT2D eigenvalue weighted by molar-refractivity contribution is -0.141. The van der Waals surface area contributed by atoms with Crippen molar-refractivity contribution in [3.63, 3.8) is 0 Å². The monoisotopic (exact) mass is 222 g/mol. The van der Waals surface area contributed by atoms with Gasteiger partial charge in [-0.15, -0.1) is 0 Å². The first-order chi connectivity index (χ1) is 6.86. The van der Waals surface area contributed by atoms with Crippen LogP contribution < -0.4 is 0 Å². The Kier molecular flexibility index (Phi) is 2.88. The van der Waals surface area contributed by atoms with Gasteiger partial charge in [-0.05, 0) is 6.07 Å². The van der Waals surface area contributed by atoms with Gasteiger partial charge in [0.1, 0.15) is 5.69 Å². The van der Waals surface area contributed by atoms with Crippen LogP contribution in [0.25, 0.3) is 0 Å². The zero-order chi connectivity index (χ0) is 11.6. The molecule has 0 saturated heterocycles. The summed E-state index contributed by atoms with van der Waals surface area (Å²) in [5, 5.41) is 8.38. The number of pyridine rings is 1. The van der Waals surface area contributed by atoms with Crippen molar-refractivity contribution >= 4 is 0 Å². The van der Waals surface area contributed by atoms with Gasteiger partial charge >= 0.3 is 6.18 Å². The molecule has 0 spiro atoms. The predicted octanol–water partition coefficient (Wildman–Crippen LogP) is 2.91. The molecule has 0 aliphatic rings. The molecule has 15 heavy (non-hydrogen) atoms. The molecule has 80 valence electrons. The second kappa shape index (κ2) is 3.81. The average Bonchev–Trinajstić information content (AvgIpc) is 2.15. The summed E-state index contributed by atoms with van der Waals surface area (Å²) in [5.74, 6) is 0. The molecule has 0 aliphatic heterocycles. The largest absolute Gasteiger partial charge is 0.433 e. The number of nitriles is 1. The van der Waals surface area contributed by atoms with Crippen LogP contribution in [0.5, 0.6) is 0 Å².